The van der Waals surface area contributed by atoms with Crippen molar-refractivity contribution in [1.82, 2.24) is 9.80 Å². The number of aliphatic hydroxyl groups is 1. The number of imide groups is 2. The molecule has 1 saturated heterocycles. The summed E-state index contributed by atoms with van der Waals surface area (Å²) in [4.78, 5) is 63.6. The fourth-order valence-electron chi connectivity index (χ4n) is 3.50. The zero-order valence-electron chi connectivity index (χ0n) is 17.4. The van der Waals surface area contributed by atoms with Crippen LogP contribution in [0.1, 0.15) is 33.4 Å². The lowest BCUT2D eigenvalue weighted by Gasteiger charge is -2.36. The van der Waals surface area contributed by atoms with Crippen LogP contribution in [0, 0.1) is 5.92 Å². The Hall–Kier alpha value is -3.99. The van der Waals surface area contributed by atoms with E-state index in [0.717, 1.165) is 15.9 Å². The maximum absolute atomic E-state index is 13.0. The van der Waals surface area contributed by atoms with Crippen LogP contribution in [0.5, 0.6) is 5.75 Å². The first-order valence-corrected chi connectivity index (χ1v) is 9.36. The molecule has 2 heterocycles. The van der Waals surface area contributed by atoms with E-state index in [1.165, 1.54) is 45.5 Å². The smallest absolute Gasteiger partial charge is 0.337 e. The van der Waals surface area contributed by atoms with Crippen LogP contribution in [0.25, 0.3) is 0 Å². The monoisotopic (exact) mass is 444 g/mol. The van der Waals surface area contributed by atoms with Gasteiger partial charge in [-0.25, -0.2) is 9.59 Å². The number of rotatable bonds is 5. The molecule has 1 aliphatic heterocycles. The lowest BCUT2D eigenvalue weighted by molar-refractivity contribution is -0.148. The van der Waals surface area contributed by atoms with Crippen molar-refractivity contribution in [1.29, 1.82) is 0 Å². The van der Waals surface area contributed by atoms with E-state index in [1.807, 2.05) is 0 Å². The first-order valence-electron chi connectivity index (χ1n) is 9.36. The number of benzene rings is 1. The average Bonchev–Trinajstić information content (AvgIpc) is 2.80. The molecule has 1 fully saturated rings. The Bertz CT molecular complexity index is 1130. The van der Waals surface area contributed by atoms with Crippen LogP contribution in [0.15, 0.2) is 39.5 Å². The molecule has 0 aliphatic carbocycles. The summed E-state index contributed by atoms with van der Waals surface area (Å²) in [5, 5.41) is 19.9. The number of carbonyl (C=O) groups excluding carboxylic acids is 4. The fraction of sp³-hybridized carbons (Fsp3) is 0.286. The maximum atomic E-state index is 13.0. The quantitative estimate of drug-likeness (QED) is 0.493. The van der Waals surface area contributed by atoms with E-state index in [0.29, 0.717) is 0 Å². The molecule has 2 aromatic rings. The third kappa shape index (κ3) is 3.73. The number of methoxy groups -OCH3 is 1. The lowest BCUT2D eigenvalue weighted by atomic mass is 9.80. The number of urea groups is 1. The SMILES string of the molecule is COC(=O)c1ccc(C(c2oc(CO)cc(=O)c2O)C2C(=O)N(C)C(=O)N(C)C2=O)cc1. The normalized spacial score (nSPS) is 15.8. The molecule has 1 aromatic heterocycles. The summed E-state index contributed by atoms with van der Waals surface area (Å²) in [7, 11) is 3.59. The highest BCUT2D eigenvalue weighted by Crippen LogP contribution is 2.39. The summed E-state index contributed by atoms with van der Waals surface area (Å²) < 4.78 is 10.1. The number of nitrogens with zero attached hydrogens (tertiary/aromatic N) is 2. The molecule has 0 saturated carbocycles. The second-order valence-electron chi connectivity index (χ2n) is 7.09. The number of esters is 1. The van der Waals surface area contributed by atoms with E-state index in [2.05, 4.69) is 4.74 Å². The molecule has 11 nitrogen and oxygen atoms in total. The van der Waals surface area contributed by atoms with Crippen LogP contribution in [0.2, 0.25) is 0 Å². The van der Waals surface area contributed by atoms with Gasteiger partial charge in [-0.3, -0.25) is 24.2 Å². The van der Waals surface area contributed by atoms with Gasteiger partial charge in [0.05, 0.1) is 18.6 Å². The molecular weight excluding hydrogens is 424 g/mol. The molecule has 1 unspecified atom stereocenters. The van der Waals surface area contributed by atoms with E-state index in [-0.39, 0.29) is 16.9 Å². The van der Waals surface area contributed by atoms with Crippen molar-refractivity contribution in [3.8, 4) is 5.75 Å². The van der Waals surface area contributed by atoms with Crippen molar-refractivity contribution >= 4 is 23.8 Å². The Labute approximate surface area is 181 Å². The van der Waals surface area contributed by atoms with Gasteiger partial charge in [0.25, 0.3) is 0 Å². The molecule has 4 amide bonds. The van der Waals surface area contributed by atoms with Crippen molar-refractivity contribution < 1.29 is 38.5 Å². The minimum atomic E-state index is -1.57. The number of aliphatic hydroxyl groups excluding tert-OH is 1. The van der Waals surface area contributed by atoms with Gasteiger partial charge in [0, 0.05) is 20.2 Å². The number of aromatic hydroxyl groups is 1. The van der Waals surface area contributed by atoms with Crippen molar-refractivity contribution in [2.75, 3.05) is 21.2 Å². The molecule has 11 heteroatoms. The first-order chi connectivity index (χ1) is 15.1. The van der Waals surface area contributed by atoms with Gasteiger partial charge in [-0.05, 0) is 17.7 Å². The third-order valence-corrected chi connectivity index (χ3v) is 5.23. The van der Waals surface area contributed by atoms with Crippen LogP contribution in [-0.4, -0.2) is 65.0 Å². The molecule has 32 heavy (non-hydrogen) atoms. The molecule has 3 rings (SSSR count). The van der Waals surface area contributed by atoms with E-state index in [4.69, 9.17) is 4.42 Å². The minimum Gasteiger partial charge on any atom is -0.502 e. The first kappa shape index (κ1) is 22.7. The third-order valence-electron chi connectivity index (χ3n) is 5.23. The van der Waals surface area contributed by atoms with E-state index in [1.54, 1.807) is 0 Å². The Morgan fingerprint density at radius 1 is 1.09 bits per heavy atom. The Morgan fingerprint density at radius 3 is 2.16 bits per heavy atom. The van der Waals surface area contributed by atoms with Crippen molar-refractivity contribution in [2.45, 2.75) is 12.5 Å². The lowest BCUT2D eigenvalue weighted by Crippen LogP contribution is -2.58. The summed E-state index contributed by atoms with van der Waals surface area (Å²) in [5.41, 5.74) is -0.482. The largest absolute Gasteiger partial charge is 0.502 e. The number of hydrogen-bond acceptors (Lipinski definition) is 9. The predicted octanol–water partition coefficient (Wildman–Crippen LogP) is 0.423. The molecule has 168 valence electrons. The van der Waals surface area contributed by atoms with Crippen LogP contribution in [-0.2, 0) is 20.9 Å². The summed E-state index contributed by atoms with van der Waals surface area (Å²) in [6, 6.07) is 5.58. The van der Waals surface area contributed by atoms with Crippen molar-refractivity contribution in [3.05, 3.63) is 63.2 Å². The Morgan fingerprint density at radius 2 is 1.66 bits per heavy atom. The second-order valence-corrected chi connectivity index (χ2v) is 7.09. The summed E-state index contributed by atoms with van der Waals surface area (Å²) in [6.45, 7) is -0.679. The topological polar surface area (TPSA) is 155 Å². The van der Waals surface area contributed by atoms with Crippen LogP contribution in [0.4, 0.5) is 4.79 Å². The number of ether oxygens (including phenoxy) is 1. The number of hydrogen-bond donors (Lipinski definition) is 2. The fourth-order valence-corrected chi connectivity index (χ4v) is 3.50. The molecule has 2 N–H and O–H groups in total. The van der Waals surface area contributed by atoms with Gasteiger partial charge in [-0.15, -0.1) is 0 Å². The molecule has 0 bridgehead atoms. The number of amides is 4. The van der Waals surface area contributed by atoms with Crippen LogP contribution in [0.3, 0.4) is 0 Å². The zero-order chi connectivity index (χ0) is 23.7. The maximum Gasteiger partial charge on any atom is 0.337 e. The summed E-state index contributed by atoms with van der Waals surface area (Å²) >= 11 is 0. The van der Waals surface area contributed by atoms with E-state index >= 15 is 0 Å². The van der Waals surface area contributed by atoms with E-state index < -0.39 is 59.2 Å². The van der Waals surface area contributed by atoms with E-state index in [9.17, 15) is 34.2 Å². The van der Waals surface area contributed by atoms with Gasteiger partial charge in [-0.2, -0.15) is 0 Å². The molecule has 1 atom stereocenters. The predicted molar refractivity (Wildman–Crippen MR) is 107 cm³/mol. The van der Waals surface area contributed by atoms with Gasteiger partial charge in [0.2, 0.25) is 23.0 Å². The van der Waals surface area contributed by atoms with Gasteiger partial charge in [0.1, 0.15) is 18.3 Å². The summed E-state index contributed by atoms with van der Waals surface area (Å²) in [5.74, 6) is -6.80. The van der Waals surface area contributed by atoms with Gasteiger partial charge >= 0.3 is 12.0 Å². The Kier molecular flexibility index (Phi) is 6.12. The number of barbiturate groups is 1. The highest BCUT2D eigenvalue weighted by atomic mass is 16.5. The second kappa shape index (κ2) is 8.63. The molecule has 1 aliphatic rings. The van der Waals surface area contributed by atoms with Crippen LogP contribution >= 0.6 is 0 Å². The molecule has 0 radical (unpaired) electrons. The standard InChI is InChI=1S/C21H20N2O9/c1-22-18(27)15(19(28)23(2)21(22)30)14(10-4-6-11(7-5-10)20(29)31-3)17-16(26)13(25)8-12(9-24)32-17/h4-8,14-15,24,26H,9H2,1-3H3. The highest BCUT2D eigenvalue weighted by Gasteiger charge is 2.49. The number of carbonyl (C=O) groups is 4. The molecule has 0 spiro atoms. The van der Waals surface area contributed by atoms with Gasteiger partial charge in [0.15, 0.2) is 5.76 Å². The van der Waals surface area contributed by atoms with Crippen molar-refractivity contribution in [2.24, 2.45) is 5.92 Å². The average molecular weight is 444 g/mol. The highest BCUT2D eigenvalue weighted by molar-refractivity contribution is 6.16. The minimum absolute atomic E-state index is 0.176. The van der Waals surface area contributed by atoms with Crippen molar-refractivity contribution in [3.63, 3.8) is 0 Å². The van der Waals surface area contributed by atoms with Crippen LogP contribution < -0.4 is 5.43 Å². The Balaban J connectivity index is 2.26. The van der Waals surface area contributed by atoms with Gasteiger partial charge in [-0.1, -0.05) is 12.1 Å². The summed E-state index contributed by atoms with van der Waals surface area (Å²) in [6.07, 6.45) is 0. The molecular formula is C21H20N2O9. The molecule has 1 aromatic carbocycles. The van der Waals surface area contributed by atoms with Gasteiger partial charge < -0.3 is 19.4 Å². The zero-order valence-corrected chi connectivity index (χ0v) is 17.4.